The van der Waals surface area contributed by atoms with E-state index < -0.39 is 6.04 Å². The van der Waals surface area contributed by atoms with E-state index in [0.717, 1.165) is 0 Å². The third-order valence-corrected chi connectivity index (χ3v) is 2.68. The predicted octanol–water partition coefficient (Wildman–Crippen LogP) is 1.11. The van der Waals surface area contributed by atoms with Gasteiger partial charge in [-0.05, 0) is 12.1 Å². The molecule has 0 spiro atoms. The standard InChI is InChI=1S/C11H12ClN5O/c1-17-6-7(5-15-17)9(13)11(18)16-8-3-2-4-14-10(8)12/h2-6,9H,13H2,1H3,(H,16,18). The van der Waals surface area contributed by atoms with Gasteiger partial charge in [-0.15, -0.1) is 0 Å². The van der Waals surface area contributed by atoms with Crippen molar-refractivity contribution in [1.29, 1.82) is 0 Å². The van der Waals surface area contributed by atoms with Crippen LogP contribution in [-0.4, -0.2) is 20.7 Å². The van der Waals surface area contributed by atoms with Crippen molar-refractivity contribution in [3.63, 3.8) is 0 Å². The Labute approximate surface area is 109 Å². The Morgan fingerprint density at radius 2 is 2.39 bits per heavy atom. The van der Waals surface area contributed by atoms with E-state index in [9.17, 15) is 4.79 Å². The van der Waals surface area contributed by atoms with E-state index in [0.29, 0.717) is 11.3 Å². The minimum absolute atomic E-state index is 0.226. The number of anilines is 1. The van der Waals surface area contributed by atoms with Crippen LogP contribution in [0.1, 0.15) is 11.6 Å². The van der Waals surface area contributed by atoms with Crippen LogP contribution in [-0.2, 0) is 11.8 Å². The number of rotatable bonds is 3. The molecule has 0 aliphatic rings. The molecule has 0 saturated carbocycles. The molecule has 0 saturated heterocycles. The quantitative estimate of drug-likeness (QED) is 0.814. The van der Waals surface area contributed by atoms with Gasteiger partial charge in [0.15, 0.2) is 5.15 Å². The number of pyridine rings is 1. The van der Waals surface area contributed by atoms with Gasteiger partial charge in [-0.2, -0.15) is 5.10 Å². The molecule has 0 bridgehead atoms. The van der Waals surface area contributed by atoms with Crippen LogP contribution in [0.3, 0.4) is 0 Å². The first-order valence-electron chi connectivity index (χ1n) is 5.23. The molecule has 7 heteroatoms. The van der Waals surface area contributed by atoms with Crippen molar-refractivity contribution in [1.82, 2.24) is 14.8 Å². The summed E-state index contributed by atoms with van der Waals surface area (Å²) in [4.78, 5) is 15.8. The second-order valence-electron chi connectivity index (χ2n) is 3.76. The Bertz CT molecular complexity index is 568. The maximum atomic E-state index is 11.9. The lowest BCUT2D eigenvalue weighted by Gasteiger charge is -2.11. The molecule has 0 aromatic carbocycles. The van der Waals surface area contributed by atoms with Crippen LogP contribution in [0.5, 0.6) is 0 Å². The smallest absolute Gasteiger partial charge is 0.246 e. The summed E-state index contributed by atoms with van der Waals surface area (Å²) in [5.74, 6) is -0.363. The molecular weight excluding hydrogens is 254 g/mol. The van der Waals surface area contributed by atoms with Crippen molar-refractivity contribution in [2.45, 2.75) is 6.04 Å². The minimum atomic E-state index is -0.796. The zero-order valence-corrected chi connectivity index (χ0v) is 10.4. The molecule has 0 aliphatic carbocycles. The van der Waals surface area contributed by atoms with E-state index in [1.807, 2.05) is 0 Å². The topological polar surface area (TPSA) is 85.8 Å². The van der Waals surface area contributed by atoms with E-state index in [2.05, 4.69) is 15.4 Å². The van der Waals surface area contributed by atoms with Crippen molar-refractivity contribution >= 4 is 23.2 Å². The lowest BCUT2D eigenvalue weighted by molar-refractivity contribution is -0.117. The van der Waals surface area contributed by atoms with Gasteiger partial charge in [0.2, 0.25) is 5.91 Å². The molecule has 2 rings (SSSR count). The monoisotopic (exact) mass is 265 g/mol. The first-order chi connectivity index (χ1) is 8.58. The number of halogens is 1. The molecular formula is C11H12ClN5O. The van der Waals surface area contributed by atoms with Gasteiger partial charge in [-0.3, -0.25) is 9.48 Å². The molecule has 1 amide bonds. The lowest BCUT2D eigenvalue weighted by Crippen LogP contribution is -2.27. The molecule has 1 atom stereocenters. The van der Waals surface area contributed by atoms with Gasteiger partial charge >= 0.3 is 0 Å². The summed E-state index contributed by atoms with van der Waals surface area (Å²) in [7, 11) is 1.76. The maximum absolute atomic E-state index is 11.9. The molecule has 1 unspecified atom stereocenters. The van der Waals surface area contributed by atoms with E-state index in [-0.39, 0.29) is 11.1 Å². The third-order valence-electron chi connectivity index (χ3n) is 2.38. The van der Waals surface area contributed by atoms with Crippen LogP contribution < -0.4 is 11.1 Å². The van der Waals surface area contributed by atoms with Gasteiger partial charge in [-0.1, -0.05) is 11.6 Å². The number of carbonyl (C=O) groups excluding carboxylic acids is 1. The van der Waals surface area contributed by atoms with Crippen LogP contribution in [0.2, 0.25) is 5.15 Å². The predicted molar refractivity (Wildman–Crippen MR) is 68.0 cm³/mol. The molecule has 0 fully saturated rings. The van der Waals surface area contributed by atoms with E-state index in [1.165, 1.54) is 0 Å². The van der Waals surface area contributed by atoms with Gasteiger partial charge in [-0.25, -0.2) is 4.98 Å². The molecule has 94 valence electrons. The normalized spacial score (nSPS) is 12.2. The number of aryl methyl sites for hydroxylation is 1. The summed E-state index contributed by atoms with van der Waals surface area (Å²) in [6.07, 6.45) is 4.78. The molecule has 0 radical (unpaired) electrons. The van der Waals surface area contributed by atoms with Crippen molar-refractivity contribution in [2.24, 2.45) is 12.8 Å². The number of hydrogen-bond acceptors (Lipinski definition) is 4. The maximum Gasteiger partial charge on any atom is 0.246 e. The van der Waals surface area contributed by atoms with Gasteiger partial charge < -0.3 is 11.1 Å². The minimum Gasteiger partial charge on any atom is -0.322 e. The molecule has 2 aromatic heterocycles. The second-order valence-corrected chi connectivity index (χ2v) is 4.11. The van der Waals surface area contributed by atoms with E-state index in [4.69, 9.17) is 17.3 Å². The Hall–Kier alpha value is -1.92. The van der Waals surface area contributed by atoms with Gasteiger partial charge in [0.25, 0.3) is 0 Å². The summed E-state index contributed by atoms with van der Waals surface area (Å²) >= 11 is 5.84. The van der Waals surface area contributed by atoms with Crippen molar-refractivity contribution in [3.05, 3.63) is 41.4 Å². The summed E-state index contributed by atoms with van der Waals surface area (Å²) in [5.41, 5.74) is 6.89. The summed E-state index contributed by atoms with van der Waals surface area (Å²) in [5, 5.41) is 6.81. The number of nitrogens with zero attached hydrogens (tertiary/aromatic N) is 3. The highest BCUT2D eigenvalue weighted by Gasteiger charge is 2.18. The van der Waals surface area contributed by atoms with Crippen molar-refractivity contribution < 1.29 is 4.79 Å². The molecule has 6 nitrogen and oxygen atoms in total. The number of nitrogens with two attached hydrogens (primary N) is 1. The molecule has 18 heavy (non-hydrogen) atoms. The number of hydrogen-bond donors (Lipinski definition) is 2. The zero-order valence-electron chi connectivity index (χ0n) is 9.67. The van der Waals surface area contributed by atoms with Gasteiger partial charge in [0, 0.05) is 25.0 Å². The first-order valence-corrected chi connectivity index (χ1v) is 5.61. The van der Waals surface area contributed by atoms with Crippen molar-refractivity contribution in [3.8, 4) is 0 Å². The van der Waals surface area contributed by atoms with E-state index >= 15 is 0 Å². The molecule has 0 aliphatic heterocycles. The number of nitrogens with one attached hydrogen (secondary N) is 1. The highest BCUT2D eigenvalue weighted by Crippen LogP contribution is 2.19. The highest BCUT2D eigenvalue weighted by atomic mass is 35.5. The fourth-order valence-corrected chi connectivity index (χ4v) is 1.61. The lowest BCUT2D eigenvalue weighted by atomic mass is 10.1. The average Bonchev–Trinajstić information content (AvgIpc) is 2.78. The molecule has 2 aromatic rings. The molecule has 3 N–H and O–H groups in total. The van der Waals surface area contributed by atoms with Crippen molar-refractivity contribution in [2.75, 3.05) is 5.32 Å². The van der Waals surface area contributed by atoms with E-state index in [1.54, 1.807) is 42.5 Å². The Balaban J connectivity index is 2.11. The Kier molecular flexibility index (Phi) is 3.59. The average molecular weight is 266 g/mol. The number of amides is 1. The zero-order chi connectivity index (χ0) is 13.1. The van der Waals surface area contributed by atoms with Crippen LogP contribution in [0.25, 0.3) is 0 Å². The second kappa shape index (κ2) is 5.16. The fraction of sp³-hybridized carbons (Fsp3) is 0.182. The summed E-state index contributed by atoms with van der Waals surface area (Å²) < 4.78 is 1.58. The largest absolute Gasteiger partial charge is 0.322 e. The fourth-order valence-electron chi connectivity index (χ4n) is 1.44. The molecule has 2 heterocycles. The first kappa shape index (κ1) is 12.5. The number of carbonyl (C=O) groups is 1. The summed E-state index contributed by atoms with van der Waals surface area (Å²) in [6, 6.07) is 2.54. The highest BCUT2D eigenvalue weighted by molar-refractivity contribution is 6.32. The van der Waals surface area contributed by atoms with Crippen LogP contribution in [0.4, 0.5) is 5.69 Å². The van der Waals surface area contributed by atoms with Gasteiger partial charge in [0.05, 0.1) is 11.9 Å². The summed E-state index contributed by atoms with van der Waals surface area (Å²) in [6.45, 7) is 0. The third kappa shape index (κ3) is 2.66. The van der Waals surface area contributed by atoms with Crippen LogP contribution in [0.15, 0.2) is 30.7 Å². The Morgan fingerprint density at radius 1 is 1.61 bits per heavy atom. The van der Waals surface area contributed by atoms with Crippen LogP contribution >= 0.6 is 11.6 Å². The number of aromatic nitrogens is 3. The van der Waals surface area contributed by atoms with Crippen LogP contribution in [0, 0.1) is 0 Å². The SMILES string of the molecule is Cn1cc(C(N)C(=O)Nc2cccnc2Cl)cn1. The Morgan fingerprint density at radius 3 is 3.00 bits per heavy atom. The van der Waals surface area contributed by atoms with Gasteiger partial charge in [0.1, 0.15) is 6.04 Å².